The van der Waals surface area contributed by atoms with Crippen molar-refractivity contribution in [1.82, 2.24) is 4.98 Å². The van der Waals surface area contributed by atoms with Crippen LogP contribution in [0.4, 0.5) is 13.2 Å². The summed E-state index contributed by atoms with van der Waals surface area (Å²) in [5, 5.41) is 9.39. The van der Waals surface area contributed by atoms with Crippen molar-refractivity contribution in [2.24, 2.45) is 0 Å². The maximum atomic E-state index is 12.7. The van der Waals surface area contributed by atoms with Gasteiger partial charge in [0.05, 0.1) is 0 Å². The molecule has 0 aliphatic rings. The van der Waals surface area contributed by atoms with E-state index in [1.807, 2.05) is 0 Å². The van der Waals surface area contributed by atoms with Crippen LogP contribution in [0.25, 0.3) is 0 Å². The number of hydrogen-bond acceptors (Lipinski definition) is 3. The number of aryl methyl sites for hydroxylation is 1. The maximum absolute atomic E-state index is 12.7. The summed E-state index contributed by atoms with van der Waals surface area (Å²) in [6.45, 7) is 1.30. The third-order valence-electron chi connectivity index (χ3n) is 3.13. The minimum atomic E-state index is -4.86. The van der Waals surface area contributed by atoms with Gasteiger partial charge in [-0.3, -0.25) is 0 Å². The number of carbonyl (C=O) groups is 1. The van der Waals surface area contributed by atoms with Crippen molar-refractivity contribution in [2.75, 3.05) is 0 Å². The van der Waals surface area contributed by atoms with Crippen LogP contribution in [0, 0.1) is 6.92 Å². The summed E-state index contributed by atoms with van der Waals surface area (Å²) in [5.41, 5.74) is -0.0580. The highest BCUT2D eigenvalue weighted by Crippen LogP contribution is 2.36. The number of halogens is 3. The van der Waals surface area contributed by atoms with Gasteiger partial charge in [0.2, 0.25) is 0 Å². The van der Waals surface area contributed by atoms with Crippen molar-refractivity contribution >= 4 is 5.97 Å². The monoisotopic (exact) mass is 313 g/mol. The fraction of sp³-hybridized carbons (Fsp3) is 0.267. The molecular formula is C15H14F3NO3. The maximum Gasteiger partial charge on any atom is 0.418 e. The number of alkyl halides is 3. The third-order valence-corrected chi connectivity index (χ3v) is 3.13. The fourth-order valence-corrected chi connectivity index (χ4v) is 2.01. The predicted octanol–water partition coefficient (Wildman–Crippen LogP) is 3.28. The fourth-order valence-electron chi connectivity index (χ4n) is 2.01. The molecular weight excluding hydrogens is 299 g/mol. The van der Waals surface area contributed by atoms with Gasteiger partial charge in [-0.05, 0) is 18.1 Å². The summed E-state index contributed by atoms with van der Waals surface area (Å²) < 4.78 is 43.0. The smallest absolute Gasteiger partial charge is 0.418 e. The van der Waals surface area contributed by atoms with E-state index in [0.717, 1.165) is 0 Å². The van der Waals surface area contributed by atoms with Crippen molar-refractivity contribution in [3.8, 4) is 0 Å². The van der Waals surface area contributed by atoms with Crippen LogP contribution in [0.3, 0.4) is 0 Å². The van der Waals surface area contributed by atoms with Gasteiger partial charge in [0.1, 0.15) is 12.3 Å². The largest absolute Gasteiger partial charge is 0.456 e. The molecule has 1 aromatic heterocycles. The van der Waals surface area contributed by atoms with Crippen LogP contribution < -0.4 is 0 Å². The van der Waals surface area contributed by atoms with E-state index in [2.05, 4.69) is 4.98 Å². The lowest BCUT2D eigenvalue weighted by atomic mass is 10.1. The Morgan fingerprint density at radius 2 is 1.95 bits per heavy atom. The summed E-state index contributed by atoms with van der Waals surface area (Å²) in [6, 6.07) is 8.73. The summed E-state index contributed by atoms with van der Waals surface area (Å²) in [7, 11) is 0. The van der Waals surface area contributed by atoms with E-state index < -0.39 is 29.5 Å². The highest BCUT2D eigenvalue weighted by atomic mass is 19.4. The lowest BCUT2D eigenvalue weighted by molar-refractivity contribution is -0.207. The number of aliphatic hydroxyl groups excluding tert-OH is 1. The van der Waals surface area contributed by atoms with Gasteiger partial charge in [0, 0.05) is 11.8 Å². The number of aliphatic hydroxyl groups is 1. The van der Waals surface area contributed by atoms with Gasteiger partial charge in [-0.2, -0.15) is 13.2 Å². The average molecular weight is 313 g/mol. The van der Waals surface area contributed by atoms with Crippen LogP contribution >= 0.6 is 0 Å². The van der Waals surface area contributed by atoms with Gasteiger partial charge < -0.3 is 14.8 Å². The molecule has 0 bridgehead atoms. The molecule has 0 aliphatic heterocycles. The highest BCUT2D eigenvalue weighted by Gasteiger charge is 2.42. The van der Waals surface area contributed by atoms with Gasteiger partial charge in [-0.1, -0.05) is 30.3 Å². The molecule has 1 aromatic carbocycles. The number of nitrogens with one attached hydrogen (secondary N) is 1. The molecule has 0 saturated heterocycles. The van der Waals surface area contributed by atoms with Crippen LogP contribution in [-0.4, -0.2) is 22.2 Å². The molecule has 1 atom stereocenters. The number of benzene rings is 1. The zero-order valence-corrected chi connectivity index (χ0v) is 11.6. The normalized spacial score (nSPS) is 13.0. The number of aromatic amines is 1. The molecule has 1 heterocycles. The highest BCUT2D eigenvalue weighted by molar-refractivity contribution is 5.89. The molecule has 118 valence electrons. The summed E-state index contributed by atoms with van der Waals surface area (Å²) in [6.07, 6.45) is -6.37. The predicted molar refractivity (Wildman–Crippen MR) is 72.1 cm³/mol. The number of esters is 1. The molecule has 0 unspecified atom stereocenters. The SMILES string of the molecule is Cc1c[nH]c(C(=O)OCc2ccccc2)c1[C@@H](O)C(F)(F)F. The first kappa shape index (κ1) is 16.1. The zero-order chi connectivity index (χ0) is 16.3. The van der Waals surface area contributed by atoms with Crippen molar-refractivity contribution in [3.63, 3.8) is 0 Å². The first-order valence-corrected chi connectivity index (χ1v) is 6.44. The summed E-state index contributed by atoms with van der Waals surface area (Å²) in [5.74, 6) is -0.949. The molecule has 2 aromatic rings. The molecule has 0 saturated carbocycles. The molecule has 4 nitrogen and oxygen atoms in total. The molecule has 0 amide bonds. The molecule has 0 fully saturated rings. The van der Waals surface area contributed by atoms with E-state index in [0.29, 0.717) is 5.56 Å². The molecule has 0 radical (unpaired) electrons. The van der Waals surface area contributed by atoms with E-state index in [4.69, 9.17) is 4.74 Å². The zero-order valence-electron chi connectivity index (χ0n) is 11.6. The molecule has 2 rings (SSSR count). The van der Waals surface area contributed by atoms with Crippen LogP contribution in [-0.2, 0) is 11.3 Å². The topological polar surface area (TPSA) is 62.3 Å². The second-order valence-electron chi connectivity index (χ2n) is 4.77. The molecule has 7 heteroatoms. The average Bonchev–Trinajstić information content (AvgIpc) is 2.85. The lowest BCUT2D eigenvalue weighted by Gasteiger charge is -2.16. The standard InChI is InChI=1S/C15H14F3NO3/c1-9-7-19-12(11(9)13(20)15(16,17)18)14(21)22-8-10-5-3-2-4-6-10/h2-7,13,19-20H,8H2,1H3/t13-/m1/s1. The molecule has 0 aliphatic carbocycles. The number of ether oxygens (including phenoxy) is 1. The number of aromatic nitrogens is 1. The number of carbonyl (C=O) groups excluding carboxylic acids is 1. The van der Waals surface area contributed by atoms with Crippen molar-refractivity contribution in [2.45, 2.75) is 25.8 Å². The van der Waals surface area contributed by atoms with Gasteiger partial charge in [-0.15, -0.1) is 0 Å². The van der Waals surface area contributed by atoms with Gasteiger partial charge in [0.25, 0.3) is 0 Å². The molecule has 0 spiro atoms. The summed E-state index contributed by atoms with van der Waals surface area (Å²) in [4.78, 5) is 14.4. The van der Waals surface area contributed by atoms with Gasteiger partial charge >= 0.3 is 12.1 Å². The Bertz CT molecular complexity index is 650. The number of hydrogen-bond donors (Lipinski definition) is 2. The minimum absolute atomic E-state index is 0.0701. The van der Waals surface area contributed by atoms with Crippen LogP contribution in [0.2, 0.25) is 0 Å². The Kier molecular flexibility index (Phi) is 4.56. The Morgan fingerprint density at radius 1 is 1.32 bits per heavy atom. The van der Waals surface area contributed by atoms with Gasteiger partial charge in [0.15, 0.2) is 6.10 Å². The Balaban J connectivity index is 2.17. The quantitative estimate of drug-likeness (QED) is 0.852. The van der Waals surface area contributed by atoms with Crippen molar-refractivity contribution in [3.05, 3.63) is 58.9 Å². The third kappa shape index (κ3) is 3.48. The minimum Gasteiger partial charge on any atom is -0.456 e. The van der Waals surface area contributed by atoms with Crippen LogP contribution in [0.5, 0.6) is 0 Å². The van der Waals surface area contributed by atoms with E-state index in [1.54, 1.807) is 30.3 Å². The molecule has 22 heavy (non-hydrogen) atoms. The van der Waals surface area contributed by atoms with E-state index in [-0.39, 0.29) is 12.2 Å². The molecule has 2 N–H and O–H groups in total. The Hall–Kier alpha value is -2.28. The van der Waals surface area contributed by atoms with Crippen molar-refractivity contribution in [1.29, 1.82) is 0 Å². The lowest BCUT2D eigenvalue weighted by Crippen LogP contribution is -2.23. The second kappa shape index (κ2) is 6.23. The Morgan fingerprint density at radius 3 is 2.55 bits per heavy atom. The first-order valence-electron chi connectivity index (χ1n) is 6.44. The Labute approximate surface area is 124 Å². The summed E-state index contributed by atoms with van der Waals surface area (Å²) >= 11 is 0. The van der Waals surface area contributed by atoms with E-state index >= 15 is 0 Å². The van der Waals surface area contributed by atoms with E-state index in [1.165, 1.54) is 13.1 Å². The van der Waals surface area contributed by atoms with Crippen molar-refractivity contribution < 1.29 is 27.8 Å². The van der Waals surface area contributed by atoms with Crippen LogP contribution in [0.15, 0.2) is 36.5 Å². The number of rotatable bonds is 4. The van der Waals surface area contributed by atoms with E-state index in [9.17, 15) is 23.1 Å². The number of H-pyrrole nitrogens is 1. The first-order chi connectivity index (χ1) is 10.3. The van der Waals surface area contributed by atoms with Gasteiger partial charge in [-0.25, -0.2) is 4.79 Å². The second-order valence-corrected chi connectivity index (χ2v) is 4.77. The van der Waals surface area contributed by atoms with Crippen LogP contribution in [0.1, 0.15) is 33.3 Å².